The molecule has 30 heteroatoms. The minimum absolute atomic E-state index is 0.00493. The summed E-state index contributed by atoms with van der Waals surface area (Å²) < 4.78 is 258. The maximum Gasteiger partial charge on any atom is 0.416 e. The Kier molecular flexibility index (Phi) is 18.2. The van der Waals surface area contributed by atoms with Crippen molar-refractivity contribution in [2.75, 3.05) is 0 Å². The number of rotatable bonds is 12. The molecule has 0 saturated heterocycles. The van der Waals surface area contributed by atoms with E-state index < -0.39 is 139 Å². The smallest absolute Gasteiger partial charge is 0.416 e. The molecule has 0 fully saturated rings. The van der Waals surface area contributed by atoms with Crippen molar-refractivity contribution in [1.29, 1.82) is 0 Å². The Hall–Kier alpha value is -10.4. The zero-order chi connectivity index (χ0) is 64.2. The molecule has 0 atom stereocenters. The minimum atomic E-state index is -5.25. The van der Waals surface area contributed by atoms with Gasteiger partial charge in [-0.2, -0.15) is 79.0 Å². The van der Waals surface area contributed by atoms with Crippen LogP contribution in [0.3, 0.4) is 0 Å². The van der Waals surface area contributed by atoms with Crippen molar-refractivity contribution in [3.05, 3.63) is 241 Å². The normalized spacial score (nSPS) is 11.9. The zero-order valence-corrected chi connectivity index (χ0v) is 42.6. The average molecular weight is 1240 g/mol. The van der Waals surface area contributed by atoms with E-state index in [-0.39, 0.29) is 105 Å². The van der Waals surface area contributed by atoms with Crippen molar-refractivity contribution in [2.24, 2.45) is 0 Å². The number of hydrogen-bond donors (Lipinski definition) is 0. The first kappa shape index (κ1) is 64.1. The van der Waals surface area contributed by atoms with Gasteiger partial charge in [0.25, 0.3) is 17.1 Å². The molecule has 7 rings (SSSR count). The molecule has 0 bridgehead atoms. The lowest BCUT2D eigenvalue weighted by molar-refractivity contribution is -0.386. The molecule has 0 aliphatic heterocycles. The van der Waals surface area contributed by atoms with Gasteiger partial charge in [0.15, 0.2) is 0 Å². The van der Waals surface area contributed by atoms with E-state index in [2.05, 4.69) is 35.5 Å². The van der Waals surface area contributed by atoms with E-state index in [4.69, 9.17) is 14.2 Å². The SMILES string of the molecule is O=[N+]([O-])c1cc(C#Cc2cc(C#Cc3ccc(COc4cc(C(F)(F)F)cc(C(F)(F)F)c4)c([N+](=O)[O-])c3)cc(C#Cc3ccc(COc4cc(C(F)(F)F)cc(C(F)(F)F)c4)c([N+](=O)[O-])c3)c2)ccc1COc1cc(C(F)(F)F)cc(C(F)(F)F)c1. The summed E-state index contributed by atoms with van der Waals surface area (Å²) in [7, 11) is 0. The Labute approximate surface area is 475 Å². The quantitative estimate of drug-likeness (QED) is 0.0503. The third-order valence-corrected chi connectivity index (χ3v) is 11.7. The van der Waals surface area contributed by atoms with Crippen molar-refractivity contribution >= 4 is 17.1 Å². The van der Waals surface area contributed by atoms with Crippen LogP contribution >= 0.6 is 0 Å². The Morgan fingerprint density at radius 1 is 0.287 bits per heavy atom. The lowest BCUT2D eigenvalue weighted by Gasteiger charge is -2.15. The number of alkyl halides is 18. The van der Waals surface area contributed by atoms with E-state index in [0.717, 1.165) is 36.4 Å². The standard InChI is InChI=1S/C57H27F18N3O9/c58-52(59,60)40-19-41(53(61,62)63)23-46(22-40)85-28-37-10-7-31(16-49(37)76(79)80)1-4-34-13-35(5-2-32-8-11-38(50(17-32)77(81)82)29-86-47-24-42(54(64,65)66)20-43(25-47)55(67,68)69)15-36(14-34)6-3-33-9-12-39(51(18-33)78(83)84)30-87-48-26-44(56(70,71)72)21-45(27-48)57(73,74)75/h7-27H,28-30H2. The number of ether oxygens (including phenoxy) is 3. The van der Waals surface area contributed by atoms with E-state index in [0.29, 0.717) is 0 Å². The maximum atomic E-state index is 13.4. The van der Waals surface area contributed by atoms with Crippen molar-refractivity contribution in [3.8, 4) is 52.8 Å². The van der Waals surface area contributed by atoms with Crippen LogP contribution in [-0.2, 0) is 56.9 Å². The molecule has 0 radical (unpaired) electrons. The van der Waals surface area contributed by atoms with Crippen LogP contribution in [0.4, 0.5) is 96.1 Å². The summed E-state index contributed by atoms with van der Waals surface area (Å²) in [6.07, 6.45) is -31.5. The van der Waals surface area contributed by atoms with E-state index in [1.54, 1.807) is 0 Å². The second kappa shape index (κ2) is 24.6. The van der Waals surface area contributed by atoms with Crippen molar-refractivity contribution in [3.63, 3.8) is 0 Å². The molecular formula is C57H27F18N3O9. The molecule has 450 valence electrons. The van der Waals surface area contributed by atoms with Crippen LogP contribution in [0.25, 0.3) is 0 Å². The minimum Gasteiger partial charge on any atom is -0.489 e. The van der Waals surface area contributed by atoms with Crippen LogP contribution in [0.15, 0.2) is 127 Å². The third kappa shape index (κ3) is 17.1. The lowest BCUT2D eigenvalue weighted by Crippen LogP contribution is -2.11. The summed E-state index contributed by atoms with van der Waals surface area (Å²) in [5.41, 5.74) is -14.0. The van der Waals surface area contributed by atoms with Gasteiger partial charge >= 0.3 is 37.1 Å². The summed E-state index contributed by atoms with van der Waals surface area (Å²) in [6.45, 7) is -2.74. The molecule has 12 nitrogen and oxygen atoms in total. The second-order valence-electron chi connectivity index (χ2n) is 17.9. The van der Waals surface area contributed by atoms with Gasteiger partial charge in [-0.1, -0.05) is 35.5 Å². The van der Waals surface area contributed by atoms with E-state index in [9.17, 15) is 109 Å². The molecule has 0 heterocycles. The fourth-order valence-corrected chi connectivity index (χ4v) is 7.59. The van der Waals surface area contributed by atoms with Crippen molar-refractivity contribution in [2.45, 2.75) is 56.9 Å². The Morgan fingerprint density at radius 3 is 0.667 bits per heavy atom. The number of halogens is 18. The number of nitro groups is 3. The number of benzene rings is 7. The first-order chi connectivity index (χ1) is 40.3. The summed E-state index contributed by atoms with van der Waals surface area (Å²) in [5.74, 6) is 13.1. The highest BCUT2D eigenvalue weighted by molar-refractivity contribution is 5.59. The molecule has 7 aromatic carbocycles. The van der Waals surface area contributed by atoms with Crippen LogP contribution in [0, 0.1) is 65.9 Å². The van der Waals surface area contributed by atoms with E-state index >= 15 is 0 Å². The van der Waals surface area contributed by atoms with Crippen LogP contribution in [-0.4, -0.2) is 14.8 Å². The third-order valence-electron chi connectivity index (χ3n) is 11.7. The maximum absolute atomic E-state index is 13.4. The summed E-state index contributed by atoms with van der Waals surface area (Å²) >= 11 is 0. The number of nitrogens with zero attached hydrogens (tertiary/aromatic N) is 3. The summed E-state index contributed by atoms with van der Waals surface area (Å²) in [5, 5.41) is 36.4. The Morgan fingerprint density at radius 2 is 0.483 bits per heavy atom. The first-order valence-corrected chi connectivity index (χ1v) is 23.6. The molecule has 0 aromatic heterocycles. The van der Waals surface area contributed by atoms with Gasteiger partial charge in [0, 0.05) is 51.6 Å². The van der Waals surface area contributed by atoms with Crippen molar-refractivity contribution < 1.29 is 108 Å². The van der Waals surface area contributed by atoms with Gasteiger partial charge in [-0.05, 0) is 109 Å². The zero-order valence-electron chi connectivity index (χ0n) is 42.6. The van der Waals surface area contributed by atoms with Gasteiger partial charge in [0.2, 0.25) is 0 Å². The van der Waals surface area contributed by atoms with Gasteiger partial charge < -0.3 is 14.2 Å². The molecule has 7 aromatic rings. The monoisotopic (exact) mass is 1240 g/mol. The first-order valence-electron chi connectivity index (χ1n) is 23.6. The van der Waals surface area contributed by atoms with Crippen LogP contribution in [0.2, 0.25) is 0 Å². The molecular weight excluding hydrogens is 1210 g/mol. The number of hydrogen-bond acceptors (Lipinski definition) is 9. The largest absolute Gasteiger partial charge is 0.489 e. The van der Waals surface area contributed by atoms with Crippen LogP contribution < -0.4 is 14.2 Å². The summed E-state index contributed by atoms with van der Waals surface area (Å²) in [6, 6.07) is 14.1. The molecule has 0 N–H and O–H groups in total. The highest BCUT2D eigenvalue weighted by atomic mass is 19.4. The Balaban J connectivity index is 1.23. The Bertz CT molecular complexity index is 3540. The fourth-order valence-electron chi connectivity index (χ4n) is 7.59. The molecule has 0 aliphatic carbocycles. The lowest BCUT2D eigenvalue weighted by atomic mass is 10.0. The topological polar surface area (TPSA) is 157 Å². The van der Waals surface area contributed by atoms with Gasteiger partial charge in [-0.25, -0.2) is 0 Å². The molecule has 0 saturated carbocycles. The number of nitro benzene ring substituents is 3. The van der Waals surface area contributed by atoms with Crippen LogP contribution in [0.1, 0.15) is 83.5 Å². The van der Waals surface area contributed by atoms with E-state index in [1.165, 1.54) is 36.4 Å². The average Bonchev–Trinajstić information content (AvgIpc) is 1.30. The van der Waals surface area contributed by atoms with Crippen molar-refractivity contribution in [1.82, 2.24) is 0 Å². The molecule has 0 amide bonds. The predicted molar refractivity (Wildman–Crippen MR) is 266 cm³/mol. The van der Waals surface area contributed by atoms with Crippen LogP contribution in [0.5, 0.6) is 17.2 Å². The van der Waals surface area contributed by atoms with Gasteiger partial charge in [-0.15, -0.1) is 0 Å². The predicted octanol–water partition coefficient (Wildman–Crippen LogP) is 16.5. The molecule has 87 heavy (non-hydrogen) atoms. The highest BCUT2D eigenvalue weighted by Gasteiger charge is 2.40. The fraction of sp³-hybridized carbons (Fsp3) is 0.158. The highest BCUT2D eigenvalue weighted by Crippen LogP contribution is 2.42. The molecule has 0 spiro atoms. The molecule has 0 unspecified atom stereocenters. The molecule has 0 aliphatic rings. The van der Waals surface area contributed by atoms with Gasteiger partial charge in [0.1, 0.15) is 37.1 Å². The second-order valence-corrected chi connectivity index (χ2v) is 17.9. The van der Waals surface area contributed by atoms with Gasteiger partial charge in [-0.3, -0.25) is 30.3 Å². The van der Waals surface area contributed by atoms with Gasteiger partial charge in [0.05, 0.1) is 64.8 Å². The van der Waals surface area contributed by atoms with E-state index in [1.807, 2.05) is 0 Å². The summed E-state index contributed by atoms with van der Waals surface area (Å²) in [4.78, 5) is 33.6.